The minimum absolute atomic E-state index is 0.185. The zero-order valence-corrected chi connectivity index (χ0v) is 9.11. The Balaban J connectivity index is 2.06. The van der Waals surface area contributed by atoms with Crippen molar-refractivity contribution >= 4 is 12.5 Å². The first kappa shape index (κ1) is 9.58. The molecule has 2 N–H and O–H groups in total. The minimum atomic E-state index is 0.185. The molecule has 0 saturated carbocycles. The van der Waals surface area contributed by atoms with Crippen molar-refractivity contribution in [3.63, 3.8) is 0 Å². The minimum Gasteiger partial charge on any atom is -0.508 e. The molecule has 1 aromatic carbocycles. The van der Waals surface area contributed by atoms with Gasteiger partial charge in [0.1, 0.15) is 5.76 Å². The van der Waals surface area contributed by atoms with Crippen LogP contribution in [0.5, 0.6) is 0 Å². The van der Waals surface area contributed by atoms with E-state index in [9.17, 15) is 5.11 Å². The lowest BCUT2D eigenvalue weighted by molar-refractivity contribution is 0.512. The molecule has 2 aliphatic heterocycles. The zero-order valence-electron chi connectivity index (χ0n) is 9.11. The van der Waals surface area contributed by atoms with Gasteiger partial charge < -0.3 is 10.4 Å². The van der Waals surface area contributed by atoms with E-state index in [1.807, 2.05) is 12.1 Å². The van der Waals surface area contributed by atoms with Crippen LogP contribution in [0.3, 0.4) is 0 Å². The molecule has 0 amide bonds. The van der Waals surface area contributed by atoms with E-state index in [4.69, 9.17) is 0 Å². The highest BCUT2D eigenvalue weighted by Crippen LogP contribution is 2.28. The third-order valence-corrected chi connectivity index (χ3v) is 3.63. The van der Waals surface area contributed by atoms with Gasteiger partial charge in [0.2, 0.25) is 0 Å². The molecule has 1 unspecified atom stereocenters. The van der Waals surface area contributed by atoms with Gasteiger partial charge in [0.15, 0.2) is 6.71 Å². The lowest BCUT2D eigenvalue weighted by atomic mass is 9.39. The molecule has 80 valence electrons. The first-order valence-electron chi connectivity index (χ1n) is 5.67. The summed E-state index contributed by atoms with van der Waals surface area (Å²) in [7, 11) is 0. The van der Waals surface area contributed by atoms with Gasteiger partial charge in [-0.05, 0) is 30.1 Å². The summed E-state index contributed by atoms with van der Waals surface area (Å²) in [6, 6.07) is 6.10. The summed E-state index contributed by atoms with van der Waals surface area (Å²) >= 11 is 0. The molecular formula is C13H14BNO. The highest BCUT2D eigenvalue weighted by molar-refractivity contribution is 6.66. The third kappa shape index (κ3) is 1.35. The number of fused-ring (bicyclic) bond motifs is 2. The van der Waals surface area contributed by atoms with E-state index in [0.717, 1.165) is 18.3 Å². The number of aliphatic hydroxyl groups excluding tert-OH is 1. The summed E-state index contributed by atoms with van der Waals surface area (Å²) < 4.78 is 0. The number of nitrogens with one attached hydrogen (secondary N) is 1. The molecule has 0 saturated heterocycles. The average Bonchev–Trinajstić information content (AvgIpc) is 2.71. The molecule has 0 radical (unpaired) electrons. The topological polar surface area (TPSA) is 32.3 Å². The Morgan fingerprint density at radius 2 is 2.38 bits per heavy atom. The fourth-order valence-corrected chi connectivity index (χ4v) is 2.79. The smallest absolute Gasteiger partial charge is 0.198 e. The van der Waals surface area contributed by atoms with Crippen LogP contribution < -0.4 is 5.32 Å². The average molecular weight is 211 g/mol. The molecule has 1 atom stereocenters. The molecule has 2 heterocycles. The predicted molar refractivity (Wildman–Crippen MR) is 67.3 cm³/mol. The van der Waals surface area contributed by atoms with Gasteiger partial charge in [-0.15, -0.1) is 0 Å². The van der Waals surface area contributed by atoms with Gasteiger partial charge in [0.05, 0.1) is 0 Å². The van der Waals surface area contributed by atoms with Crippen LogP contribution >= 0.6 is 0 Å². The number of benzene rings is 1. The van der Waals surface area contributed by atoms with Crippen molar-refractivity contribution in [3.8, 4) is 0 Å². The number of hydrogen-bond donors (Lipinski definition) is 2. The Hall–Kier alpha value is -1.64. The summed E-state index contributed by atoms with van der Waals surface area (Å²) in [6.07, 6.45) is 4.09. The van der Waals surface area contributed by atoms with Crippen molar-refractivity contribution in [1.29, 1.82) is 0 Å². The third-order valence-electron chi connectivity index (χ3n) is 3.63. The molecule has 3 rings (SSSR count). The number of aliphatic hydroxyl groups is 1. The van der Waals surface area contributed by atoms with Crippen LogP contribution in [0.1, 0.15) is 16.7 Å². The van der Waals surface area contributed by atoms with Crippen LogP contribution in [0.4, 0.5) is 0 Å². The van der Waals surface area contributed by atoms with Gasteiger partial charge in [-0.3, -0.25) is 0 Å². The van der Waals surface area contributed by atoms with Crippen LogP contribution in [-0.4, -0.2) is 17.8 Å². The quantitative estimate of drug-likeness (QED) is 0.549. The SMILES string of the molecule is C=C(O)c1cccc2c1CB1C=CNC1C2. The fourth-order valence-electron chi connectivity index (χ4n) is 2.79. The van der Waals surface area contributed by atoms with Crippen molar-refractivity contribution in [2.24, 2.45) is 0 Å². The van der Waals surface area contributed by atoms with Gasteiger partial charge in [-0.2, -0.15) is 0 Å². The van der Waals surface area contributed by atoms with E-state index >= 15 is 0 Å². The summed E-state index contributed by atoms with van der Waals surface area (Å²) in [5.74, 6) is 2.95. The zero-order chi connectivity index (χ0) is 11.1. The van der Waals surface area contributed by atoms with E-state index < -0.39 is 0 Å². The van der Waals surface area contributed by atoms with Crippen molar-refractivity contribution < 1.29 is 5.11 Å². The van der Waals surface area contributed by atoms with Gasteiger partial charge >= 0.3 is 0 Å². The molecular weight excluding hydrogens is 197 g/mol. The Kier molecular flexibility index (Phi) is 2.06. The lowest BCUT2D eigenvalue weighted by Gasteiger charge is -2.27. The summed E-state index contributed by atoms with van der Waals surface area (Å²) in [4.78, 5) is 0. The van der Waals surface area contributed by atoms with E-state index in [1.54, 1.807) is 0 Å². The van der Waals surface area contributed by atoms with Crippen molar-refractivity contribution in [2.45, 2.75) is 18.7 Å². The Morgan fingerprint density at radius 3 is 3.19 bits per heavy atom. The summed E-state index contributed by atoms with van der Waals surface area (Å²) in [5.41, 5.74) is 3.52. The van der Waals surface area contributed by atoms with Crippen LogP contribution in [0, 0.1) is 0 Å². The second kappa shape index (κ2) is 3.44. The van der Waals surface area contributed by atoms with Crippen LogP contribution in [0.2, 0.25) is 0 Å². The maximum Gasteiger partial charge on any atom is 0.198 e. The molecule has 2 nitrogen and oxygen atoms in total. The second-order valence-corrected chi connectivity index (χ2v) is 4.59. The predicted octanol–water partition coefficient (Wildman–Crippen LogP) is 1.91. The maximum atomic E-state index is 9.59. The van der Waals surface area contributed by atoms with Crippen molar-refractivity contribution in [3.05, 3.63) is 53.6 Å². The molecule has 3 heteroatoms. The summed E-state index contributed by atoms with van der Waals surface area (Å²) in [5, 5.41) is 13.0. The van der Waals surface area contributed by atoms with Crippen LogP contribution in [-0.2, 0) is 12.7 Å². The molecule has 0 aliphatic carbocycles. The monoisotopic (exact) mass is 211 g/mol. The summed E-state index contributed by atoms with van der Waals surface area (Å²) in [6.45, 7) is 4.20. The molecule has 0 bridgehead atoms. The maximum absolute atomic E-state index is 9.59. The number of hydrogen-bond acceptors (Lipinski definition) is 2. The molecule has 0 aromatic heterocycles. The lowest BCUT2D eigenvalue weighted by Crippen LogP contribution is -2.42. The molecule has 2 aliphatic rings. The highest BCUT2D eigenvalue weighted by atomic mass is 16.3. The van der Waals surface area contributed by atoms with Gasteiger partial charge in [-0.1, -0.05) is 30.8 Å². The fraction of sp³-hybridized carbons (Fsp3) is 0.231. The first-order valence-corrected chi connectivity index (χ1v) is 5.67. The highest BCUT2D eigenvalue weighted by Gasteiger charge is 2.33. The molecule has 0 fully saturated rings. The molecule has 1 aromatic rings. The van der Waals surface area contributed by atoms with E-state index in [1.165, 1.54) is 11.1 Å². The normalized spacial score (nSPS) is 21.2. The van der Waals surface area contributed by atoms with E-state index in [0.29, 0.717) is 12.7 Å². The van der Waals surface area contributed by atoms with Crippen molar-refractivity contribution in [2.75, 3.05) is 0 Å². The molecule has 0 spiro atoms. The van der Waals surface area contributed by atoms with E-state index in [2.05, 4.69) is 30.1 Å². The van der Waals surface area contributed by atoms with Crippen LogP contribution in [0.15, 0.2) is 37.0 Å². The second-order valence-electron chi connectivity index (χ2n) is 4.59. The molecule has 16 heavy (non-hydrogen) atoms. The Morgan fingerprint density at radius 1 is 1.50 bits per heavy atom. The Labute approximate surface area is 95.8 Å². The van der Waals surface area contributed by atoms with Crippen LogP contribution in [0.25, 0.3) is 5.76 Å². The van der Waals surface area contributed by atoms with Gasteiger partial charge in [-0.25, -0.2) is 0 Å². The standard InChI is InChI=1S/C13H14BNO/c1-9(16)11-4-2-3-10-7-13-14(5-6-15-13)8-12(10)11/h2-6,13,15-16H,1,7-8H2. The van der Waals surface area contributed by atoms with Gasteiger partial charge in [0, 0.05) is 11.5 Å². The van der Waals surface area contributed by atoms with Crippen molar-refractivity contribution in [1.82, 2.24) is 5.32 Å². The number of rotatable bonds is 1. The van der Waals surface area contributed by atoms with Gasteiger partial charge in [0.25, 0.3) is 0 Å². The van der Waals surface area contributed by atoms with E-state index in [-0.39, 0.29) is 5.76 Å². The first-order chi connectivity index (χ1) is 7.75. The Bertz CT molecular complexity index is 481. The largest absolute Gasteiger partial charge is 0.508 e.